The lowest BCUT2D eigenvalue weighted by Gasteiger charge is -2.72. The molecule has 3 N–H and O–H groups in total. The zero-order chi connectivity index (χ0) is 37.4. The van der Waals surface area contributed by atoms with Gasteiger partial charge in [0, 0.05) is 18.0 Å². The predicted molar refractivity (Wildman–Crippen MR) is 200 cm³/mol. The van der Waals surface area contributed by atoms with Crippen LogP contribution in [-0.2, 0) is 25.7 Å². The van der Waals surface area contributed by atoms with Crippen molar-refractivity contribution in [1.29, 1.82) is 0 Å². The minimum atomic E-state index is -1.17. The van der Waals surface area contributed by atoms with Gasteiger partial charge in [-0.25, -0.2) is 14.8 Å². The Morgan fingerprint density at radius 1 is 0.981 bits per heavy atom. The standard InChI is InChI=1S/C41H60N4O6.ClH/c1-24(2)32-27(46)20-41(45-35(50)43-22-25-14-19-42-23-44-25)18-17-39(8)26(33(32)41)10-11-29-38(7)15-13-30(51-31(47)21-36(3,4)34(48)49)37(5,6)28(38)12-16-40(29,39)9;/h14,19,23-24,26,28-30H,10-13,15-18,20-22H2,1-9H3,(H,48,49)(H2,43,45,50);1H/t26?,28?,29?,30-,38-,39+,40+,41+;/m0./s1. The number of halogens is 1. The van der Waals surface area contributed by atoms with Crippen molar-refractivity contribution in [1.82, 2.24) is 20.6 Å². The van der Waals surface area contributed by atoms with E-state index >= 15 is 0 Å². The van der Waals surface area contributed by atoms with Crippen LogP contribution >= 0.6 is 12.4 Å². The summed E-state index contributed by atoms with van der Waals surface area (Å²) in [4.78, 5) is 60.4. The molecular weight excluding hydrogens is 680 g/mol. The van der Waals surface area contributed by atoms with Gasteiger partial charge in [0.05, 0.1) is 29.6 Å². The number of Topliss-reactive ketones (excluding diaryl/α,β-unsaturated/α-hetero) is 1. The summed E-state index contributed by atoms with van der Waals surface area (Å²) in [5.74, 6) is -0.179. The van der Waals surface area contributed by atoms with Crippen molar-refractivity contribution in [2.45, 2.75) is 145 Å². The molecule has 52 heavy (non-hydrogen) atoms. The number of ketones is 1. The van der Waals surface area contributed by atoms with Gasteiger partial charge in [-0.2, -0.15) is 0 Å². The number of aromatic nitrogens is 2. The Labute approximate surface area is 315 Å². The minimum Gasteiger partial charge on any atom is -0.481 e. The number of carbonyl (C=O) groups is 4. The van der Waals surface area contributed by atoms with E-state index in [0.29, 0.717) is 18.3 Å². The van der Waals surface area contributed by atoms with Crippen LogP contribution in [0.5, 0.6) is 0 Å². The fourth-order valence-electron chi connectivity index (χ4n) is 12.4. The molecule has 5 aliphatic rings. The number of fused-ring (bicyclic) bond motifs is 7. The third-order valence-electron chi connectivity index (χ3n) is 15.2. The second-order valence-electron chi connectivity index (χ2n) is 19.0. The maximum atomic E-state index is 13.9. The normalized spacial score (nSPS) is 36.4. The number of aliphatic carboxylic acids is 1. The Morgan fingerprint density at radius 3 is 2.33 bits per heavy atom. The molecule has 1 aromatic rings. The number of nitrogens with zero attached hydrogens (tertiary/aromatic N) is 2. The summed E-state index contributed by atoms with van der Waals surface area (Å²) in [7, 11) is 0. The number of allylic oxidation sites excluding steroid dienone is 1. The number of carboxylic acid groups (broad SMARTS) is 1. The summed E-state index contributed by atoms with van der Waals surface area (Å²) in [6.07, 6.45) is 10.5. The van der Waals surface area contributed by atoms with E-state index in [1.807, 2.05) is 0 Å². The first-order chi connectivity index (χ1) is 23.7. The molecule has 6 rings (SSSR count). The fourth-order valence-corrected chi connectivity index (χ4v) is 12.4. The van der Waals surface area contributed by atoms with Gasteiger partial charge in [-0.1, -0.05) is 48.5 Å². The number of ether oxygens (including phenoxy) is 1. The highest BCUT2D eigenvalue weighted by atomic mass is 35.5. The van der Waals surface area contributed by atoms with Gasteiger partial charge in [-0.05, 0) is 122 Å². The molecule has 4 saturated carbocycles. The summed E-state index contributed by atoms with van der Waals surface area (Å²) in [5, 5.41) is 16.0. The van der Waals surface area contributed by atoms with Crippen molar-refractivity contribution < 1.29 is 29.0 Å². The van der Waals surface area contributed by atoms with Gasteiger partial charge >= 0.3 is 18.0 Å². The van der Waals surface area contributed by atoms with E-state index in [0.717, 1.165) is 62.6 Å². The SMILES string of the molecule is CC(C)C1=C2C3CCC4[C@@]5(C)CC[C@H](OC(=O)CC(C)(C)C(=O)O)C(C)(C)C5CC[C@@]4(C)[C@]3(C)CC[C@@]2(NC(=O)NCc2ccncn2)CC1=O.Cl. The summed E-state index contributed by atoms with van der Waals surface area (Å²) >= 11 is 0. The highest BCUT2D eigenvalue weighted by molar-refractivity contribution is 6.02. The number of carbonyl (C=O) groups excluding carboxylic acids is 3. The van der Waals surface area contributed by atoms with Crippen LogP contribution in [0.3, 0.4) is 0 Å². The van der Waals surface area contributed by atoms with Gasteiger partial charge in [0.25, 0.3) is 0 Å². The molecule has 0 aromatic carbocycles. The third kappa shape index (κ3) is 6.26. The average Bonchev–Trinajstić information content (AvgIpc) is 3.33. The second kappa shape index (κ2) is 13.7. The molecule has 1 heterocycles. The third-order valence-corrected chi connectivity index (χ3v) is 15.2. The van der Waals surface area contributed by atoms with E-state index in [1.165, 1.54) is 11.9 Å². The fraction of sp³-hybridized carbons (Fsp3) is 0.756. The Bertz CT molecular complexity index is 1630. The maximum absolute atomic E-state index is 13.9. The molecule has 2 amide bonds. The minimum absolute atomic E-state index is 0. The van der Waals surface area contributed by atoms with Crippen LogP contribution in [0.2, 0.25) is 0 Å². The Morgan fingerprint density at radius 2 is 1.69 bits per heavy atom. The van der Waals surface area contributed by atoms with E-state index < -0.39 is 22.9 Å². The quantitative estimate of drug-likeness (QED) is 0.229. The highest BCUT2D eigenvalue weighted by Crippen LogP contribution is 2.76. The number of hydrogen-bond donors (Lipinski definition) is 3. The van der Waals surface area contributed by atoms with Crippen LogP contribution < -0.4 is 10.6 Å². The molecular formula is C41H61ClN4O6. The van der Waals surface area contributed by atoms with E-state index in [4.69, 9.17) is 4.74 Å². The second-order valence-corrected chi connectivity index (χ2v) is 19.0. The molecule has 8 atom stereocenters. The number of rotatable bonds is 8. The van der Waals surface area contributed by atoms with Crippen LogP contribution in [0.15, 0.2) is 29.7 Å². The van der Waals surface area contributed by atoms with E-state index in [1.54, 1.807) is 26.1 Å². The van der Waals surface area contributed by atoms with Crippen molar-refractivity contribution in [3.8, 4) is 0 Å². The monoisotopic (exact) mass is 740 g/mol. The molecule has 1 aromatic heterocycles. The van der Waals surface area contributed by atoms with Crippen molar-refractivity contribution in [2.75, 3.05) is 0 Å². The Kier molecular flexibility index (Phi) is 10.6. The average molecular weight is 741 g/mol. The van der Waals surface area contributed by atoms with Crippen LogP contribution in [0.25, 0.3) is 0 Å². The van der Waals surface area contributed by atoms with Crippen molar-refractivity contribution in [2.24, 2.45) is 50.7 Å². The zero-order valence-corrected chi connectivity index (χ0v) is 33.5. The van der Waals surface area contributed by atoms with Crippen LogP contribution in [0.4, 0.5) is 4.79 Å². The summed E-state index contributed by atoms with van der Waals surface area (Å²) < 4.78 is 6.14. The molecule has 0 radical (unpaired) electrons. The van der Waals surface area contributed by atoms with Crippen LogP contribution in [0.1, 0.15) is 132 Å². The van der Waals surface area contributed by atoms with Crippen molar-refractivity contribution in [3.05, 3.63) is 35.4 Å². The predicted octanol–water partition coefficient (Wildman–Crippen LogP) is 7.84. The zero-order valence-electron chi connectivity index (χ0n) is 32.7. The van der Waals surface area contributed by atoms with Gasteiger partial charge in [0.2, 0.25) is 0 Å². The van der Waals surface area contributed by atoms with Crippen LogP contribution in [0, 0.1) is 50.7 Å². The summed E-state index contributed by atoms with van der Waals surface area (Å²) in [6, 6.07) is 1.51. The van der Waals surface area contributed by atoms with Gasteiger partial charge in [-0.15, -0.1) is 12.4 Å². The maximum Gasteiger partial charge on any atom is 0.315 e. The number of amides is 2. The molecule has 0 spiro atoms. The molecule has 10 nitrogen and oxygen atoms in total. The molecule has 11 heteroatoms. The van der Waals surface area contributed by atoms with Gasteiger partial charge in [-0.3, -0.25) is 14.4 Å². The molecule has 5 aliphatic carbocycles. The largest absolute Gasteiger partial charge is 0.481 e. The first kappa shape index (κ1) is 40.2. The number of urea groups is 1. The van der Waals surface area contributed by atoms with Gasteiger partial charge < -0.3 is 20.5 Å². The number of nitrogens with one attached hydrogen (secondary N) is 2. The van der Waals surface area contributed by atoms with Crippen molar-refractivity contribution >= 4 is 36.2 Å². The molecule has 0 aliphatic heterocycles. The first-order valence-electron chi connectivity index (χ1n) is 19.2. The molecule has 3 unspecified atom stereocenters. The van der Waals surface area contributed by atoms with Gasteiger partial charge in [0.1, 0.15) is 12.4 Å². The summed E-state index contributed by atoms with van der Waals surface area (Å²) in [6.45, 7) is 19.7. The number of esters is 1. The molecule has 0 saturated heterocycles. The van der Waals surface area contributed by atoms with E-state index in [2.05, 4.69) is 69.1 Å². The van der Waals surface area contributed by atoms with Crippen LogP contribution in [-0.4, -0.2) is 50.5 Å². The molecule has 288 valence electrons. The van der Waals surface area contributed by atoms with E-state index in [-0.39, 0.29) is 76.8 Å². The highest BCUT2D eigenvalue weighted by Gasteiger charge is 2.70. The number of carboxylic acids is 1. The number of hydrogen-bond acceptors (Lipinski definition) is 7. The topological polar surface area (TPSA) is 148 Å². The van der Waals surface area contributed by atoms with E-state index in [9.17, 15) is 24.3 Å². The first-order valence-corrected chi connectivity index (χ1v) is 19.2. The Balaban J connectivity index is 0.00000523. The Hall–Kier alpha value is -3.01. The lowest BCUT2D eigenvalue weighted by Crippen LogP contribution is -2.67. The summed E-state index contributed by atoms with van der Waals surface area (Å²) in [5.41, 5.74) is 0.750. The molecule has 4 fully saturated rings. The molecule has 0 bridgehead atoms. The lowest BCUT2D eigenvalue weighted by molar-refractivity contribution is -0.232. The van der Waals surface area contributed by atoms with Gasteiger partial charge in [0.15, 0.2) is 5.78 Å². The lowest BCUT2D eigenvalue weighted by atomic mass is 9.33. The smallest absolute Gasteiger partial charge is 0.315 e. The van der Waals surface area contributed by atoms with Crippen molar-refractivity contribution in [3.63, 3.8) is 0 Å².